The number of fused-ring (bicyclic) bond motifs is 1. The van der Waals surface area contributed by atoms with Gasteiger partial charge in [-0.3, -0.25) is 4.79 Å². The van der Waals surface area contributed by atoms with E-state index < -0.39 is 12.0 Å². The summed E-state index contributed by atoms with van der Waals surface area (Å²) in [6.07, 6.45) is 2.17. The monoisotopic (exact) mass is 380 g/mol. The second-order valence-electron chi connectivity index (χ2n) is 6.74. The Morgan fingerprint density at radius 2 is 1.89 bits per heavy atom. The molecule has 0 bridgehead atoms. The van der Waals surface area contributed by atoms with Gasteiger partial charge in [-0.2, -0.15) is 0 Å². The van der Waals surface area contributed by atoms with Crippen LogP contribution in [0.1, 0.15) is 16.7 Å². The highest BCUT2D eigenvalue weighted by atomic mass is 16.5. The van der Waals surface area contributed by atoms with Gasteiger partial charge in [-0.05, 0) is 48.7 Å². The largest absolute Gasteiger partial charge is 0.484 e. The number of para-hydroxylation sites is 1. The number of carbonyl (C=O) groups is 2. The number of aromatic nitrogens is 1. The van der Waals surface area contributed by atoms with E-state index in [0.29, 0.717) is 12.2 Å². The van der Waals surface area contributed by atoms with Crippen LogP contribution in [0.25, 0.3) is 10.9 Å². The molecule has 1 aromatic heterocycles. The van der Waals surface area contributed by atoms with E-state index in [1.54, 1.807) is 0 Å². The summed E-state index contributed by atoms with van der Waals surface area (Å²) < 4.78 is 10.4. The van der Waals surface area contributed by atoms with E-state index in [9.17, 15) is 9.59 Å². The van der Waals surface area contributed by atoms with Crippen LogP contribution < -0.4 is 10.1 Å². The Hall–Kier alpha value is -3.28. The Morgan fingerprint density at radius 3 is 2.64 bits per heavy atom. The highest BCUT2D eigenvalue weighted by molar-refractivity contribution is 5.87. The molecule has 28 heavy (non-hydrogen) atoms. The zero-order valence-corrected chi connectivity index (χ0v) is 16.2. The number of benzene rings is 2. The SMILES string of the molecule is COC(=O)[C@@H](Cc1c[nH]c2ccccc12)NC(=O)COc1ccc(C)c(C)c1. The number of nitrogens with one attached hydrogen (secondary N) is 2. The molecule has 6 nitrogen and oxygen atoms in total. The summed E-state index contributed by atoms with van der Waals surface area (Å²) in [5, 5.41) is 3.73. The van der Waals surface area contributed by atoms with Crippen molar-refractivity contribution in [1.29, 1.82) is 0 Å². The minimum Gasteiger partial charge on any atom is -0.484 e. The summed E-state index contributed by atoms with van der Waals surface area (Å²) >= 11 is 0. The molecule has 0 spiro atoms. The van der Waals surface area contributed by atoms with Crippen molar-refractivity contribution in [2.45, 2.75) is 26.3 Å². The Morgan fingerprint density at radius 1 is 1.11 bits per heavy atom. The first-order valence-corrected chi connectivity index (χ1v) is 9.10. The average Bonchev–Trinajstić information content (AvgIpc) is 3.11. The Labute approximate surface area is 163 Å². The van der Waals surface area contributed by atoms with Gasteiger partial charge in [-0.25, -0.2) is 4.79 Å². The van der Waals surface area contributed by atoms with E-state index in [4.69, 9.17) is 9.47 Å². The molecule has 1 atom stereocenters. The van der Waals surface area contributed by atoms with Crippen LogP contribution >= 0.6 is 0 Å². The van der Waals surface area contributed by atoms with E-state index in [0.717, 1.165) is 27.6 Å². The third kappa shape index (κ3) is 4.52. The molecular weight excluding hydrogens is 356 g/mol. The molecule has 1 amide bonds. The molecule has 0 fully saturated rings. The van der Waals surface area contributed by atoms with Gasteiger partial charge in [0.05, 0.1) is 7.11 Å². The van der Waals surface area contributed by atoms with Gasteiger partial charge in [0.15, 0.2) is 6.61 Å². The van der Waals surface area contributed by atoms with Gasteiger partial charge in [0.2, 0.25) is 0 Å². The smallest absolute Gasteiger partial charge is 0.328 e. The molecule has 3 rings (SSSR count). The van der Waals surface area contributed by atoms with Crippen molar-refractivity contribution in [3.05, 3.63) is 65.4 Å². The number of aryl methyl sites for hydroxylation is 2. The molecule has 3 aromatic rings. The van der Waals surface area contributed by atoms with Gasteiger partial charge in [-0.15, -0.1) is 0 Å². The van der Waals surface area contributed by atoms with Crippen LogP contribution in [0.5, 0.6) is 5.75 Å². The lowest BCUT2D eigenvalue weighted by Gasteiger charge is -2.16. The second kappa shape index (κ2) is 8.61. The van der Waals surface area contributed by atoms with E-state index in [1.165, 1.54) is 7.11 Å². The molecule has 6 heteroatoms. The van der Waals surface area contributed by atoms with Crippen LogP contribution in [-0.2, 0) is 20.7 Å². The lowest BCUT2D eigenvalue weighted by molar-refractivity contribution is -0.145. The Balaban J connectivity index is 1.65. The molecule has 2 N–H and O–H groups in total. The number of carbonyl (C=O) groups excluding carboxylic acids is 2. The predicted octanol–water partition coefficient (Wildman–Crippen LogP) is 3.06. The van der Waals surface area contributed by atoms with Crippen LogP contribution in [0.15, 0.2) is 48.7 Å². The standard InChI is InChI=1S/C22H24N2O4/c1-14-8-9-17(10-15(14)2)28-13-21(25)24-20(22(26)27-3)11-16-12-23-19-7-5-4-6-18(16)19/h4-10,12,20,23H,11,13H2,1-3H3,(H,24,25)/t20-/m1/s1. The highest BCUT2D eigenvalue weighted by Gasteiger charge is 2.23. The van der Waals surface area contributed by atoms with Gasteiger partial charge in [0, 0.05) is 23.5 Å². The number of H-pyrrole nitrogens is 1. The van der Waals surface area contributed by atoms with Crippen molar-refractivity contribution in [2.24, 2.45) is 0 Å². The van der Waals surface area contributed by atoms with Crippen LogP contribution in [0.4, 0.5) is 0 Å². The number of hydrogen-bond acceptors (Lipinski definition) is 4. The molecule has 0 aliphatic carbocycles. The second-order valence-corrected chi connectivity index (χ2v) is 6.74. The van der Waals surface area contributed by atoms with E-state index in [2.05, 4.69) is 10.3 Å². The molecule has 2 aromatic carbocycles. The Kier molecular flexibility index (Phi) is 5.99. The lowest BCUT2D eigenvalue weighted by Crippen LogP contribution is -2.44. The highest BCUT2D eigenvalue weighted by Crippen LogP contribution is 2.19. The Bertz CT molecular complexity index is 993. The number of aromatic amines is 1. The van der Waals surface area contributed by atoms with Crippen molar-refractivity contribution in [3.63, 3.8) is 0 Å². The van der Waals surface area contributed by atoms with Crippen molar-refractivity contribution in [1.82, 2.24) is 10.3 Å². The van der Waals surface area contributed by atoms with E-state index in [1.807, 2.05) is 62.5 Å². The summed E-state index contributed by atoms with van der Waals surface area (Å²) in [6.45, 7) is 3.82. The summed E-state index contributed by atoms with van der Waals surface area (Å²) in [6, 6.07) is 12.7. The fourth-order valence-corrected chi connectivity index (χ4v) is 3.04. The first kappa shape index (κ1) is 19.5. The maximum atomic E-state index is 12.3. The van der Waals surface area contributed by atoms with Gasteiger partial charge >= 0.3 is 5.97 Å². The molecular formula is C22H24N2O4. The molecule has 0 aliphatic rings. The van der Waals surface area contributed by atoms with Crippen molar-refractivity contribution >= 4 is 22.8 Å². The number of methoxy groups -OCH3 is 1. The maximum absolute atomic E-state index is 12.3. The average molecular weight is 380 g/mol. The number of ether oxygens (including phenoxy) is 2. The minimum absolute atomic E-state index is 0.177. The predicted molar refractivity (Wildman–Crippen MR) is 107 cm³/mol. The van der Waals surface area contributed by atoms with Crippen molar-refractivity contribution in [2.75, 3.05) is 13.7 Å². The topological polar surface area (TPSA) is 80.4 Å². The molecule has 0 saturated heterocycles. The first-order valence-electron chi connectivity index (χ1n) is 9.10. The van der Waals surface area contributed by atoms with Crippen molar-refractivity contribution in [3.8, 4) is 5.75 Å². The van der Waals surface area contributed by atoms with Crippen LogP contribution in [0, 0.1) is 13.8 Å². The lowest BCUT2D eigenvalue weighted by atomic mass is 10.0. The first-order chi connectivity index (χ1) is 13.5. The molecule has 0 saturated carbocycles. The van der Waals surface area contributed by atoms with Gasteiger partial charge < -0.3 is 19.8 Å². The molecule has 0 radical (unpaired) electrons. The number of rotatable bonds is 7. The summed E-state index contributed by atoms with van der Waals surface area (Å²) in [5.74, 6) is -0.261. The van der Waals surface area contributed by atoms with Gasteiger partial charge in [0.25, 0.3) is 5.91 Å². The summed E-state index contributed by atoms with van der Waals surface area (Å²) in [5.41, 5.74) is 4.15. The normalized spacial score (nSPS) is 11.8. The zero-order chi connectivity index (χ0) is 20.1. The van der Waals surface area contributed by atoms with Gasteiger partial charge in [0.1, 0.15) is 11.8 Å². The summed E-state index contributed by atoms with van der Waals surface area (Å²) in [7, 11) is 1.31. The third-order valence-corrected chi connectivity index (χ3v) is 4.77. The number of amides is 1. The molecule has 146 valence electrons. The van der Waals surface area contributed by atoms with Crippen LogP contribution in [-0.4, -0.2) is 36.6 Å². The fourth-order valence-electron chi connectivity index (χ4n) is 3.04. The van der Waals surface area contributed by atoms with E-state index in [-0.39, 0.29) is 12.5 Å². The molecule has 0 unspecified atom stereocenters. The quantitative estimate of drug-likeness (QED) is 0.618. The maximum Gasteiger partial charge on any atom is 0.328 e. The van der Waals surface area contributed by atoms with Gasteiger partial charge in [-0.1, -0.05) is 24.3 Å². The minimum atomic E-state index is -0.792. The molecule has 1 heterocycles. The zero-order valence-electron chi connectivity index (χ0n) is 16.2. The third-order valence-electron chi connectivity index (χ3n) is 4.77. The van der Waals surface area contributed by atoms with E-state index >= 15 is 0 Å². The summed E-state index contributed by atoms with van der Waals surface area (Å²) in [4.78, 5) is 27.7. The number of hydrogen-bond donors (Lipinski definition) is 2. The van der Waals surface area contributed by atoms with Crippen LogP contribution in [0.2, 0.25) is 0 Å². The fraction of sp³-hybridized carbons (Fsp3) is 0.273. The molecule has 0 aliphatic heterocycles. The van der Waals surface area contributed by atoms with Crippen LogP contribution in [0.3, 0.4) is 0 Å². The number of esters is 1. The van der Waals surface area contributed by atoms with Crippen molar-refractivity contribution < 1.29 is 19.1 Å².